The van der Waals surface area contributed by atoms with E-state index in [-0.39, 0.29) is 11.9 Å². The van der Waals surface area contributed by atoms with Crippen LogP contribution in [0.4, 0.5) is 5.95 Å². The Balaban J connectivity index is 1.76. The summed E-state index contributed by atoms with van der Waals surface area (Å²) in [7, 11) is 0. The molecule has 0 N–H and O–H groups in total. The van der Waals surface area contributed by atoms with Gasteiger partial charge >= 0.3 is 17.8 Å². The molecule has 1 aromatic rings. The minimum Gasteiger partial charge on any atom is -0.398 e. The maximum absolute atomic E-state index is 11.5. The predicted molar refractivity (Wildman–Crippen MR) is 62.5 cm³/mol. The molecule has 2 bridgehead atoms. The van der Waals surface area contributed by atoms with Crippen molar-refractivity contribution in [1.29, 1.82) is 0 Å². The molecule has 3 aliphatic heterocycles. The van der Waals surface area contributed by atoms with Crippen LogP contribution in [-0.2, 0) is 19.1 Å². The number of carbonyl (C=O) groups excluding carboxylic acids is 2. The number of hydrogen-bond acceptors (Lipinski definition) is 8. The average molecular weight is 291 g/mol. The Morgan fingerprint density at radius 1 is 1.43 bits per heavy atom. The molecule has 108 valence electrons. The second kappa shape index (κ2) is 3.93. The second-order valence-corrected chi connectivity index (χ2v) is 5.06. The lowest BCUT2D eigenvalue weighted by molar-refractivity contribution is -0.259. The molecule has 1 spiro atoms. The summed E-state index contributed by atoms with van der Waals surface area (Å²) in [5.74, 6) is -3.42. The zero-order valence-electron chi connectivity index (χ0n) is 10.6. The monoisotopic (exact) mass is 291 g/mol. The highest BCUT2D eigenvalue weighted by Crippen LogP contribution is 2.51. The summed E-state index contributed by atoms with van der Waals surface area (Å²) in [6.45, 7) is 1.29. The fourth-order valence-corrected chi connectivity index (χ4v) is 3.30. The Morgan fingerprint density at radius 2 is 2.19 bits per heavy atom. The topological polar surface area (TPSA) is 135 Å². The Labute approximate surface area is 117 Å². The molecule has 0 radical (unpaired) electrons. The lowest BCUT2D eigenvalue weighted by Crippen LogP contribution is -2.52. The number of piperidine rings is 1. The van der Waals surface area contributed by atoms with Crippen LogP contribution in [0.1, 0.15) is 12.5 Å². The van der Waals surface area contributed by atoms with E-state index in [1.807, 2.05) is 0 Å². The van der Waals surface area contributed by atoms with E-state index in [9.17, 15) is 9.59 Å². The minimum atomic E-state index is -1.46. The smallest absolute Gasteiger partial charge is 0.398 e. The first-order chi connectivity index (χ1) is 10.1. The molecule has 11 heteroatoms. The standard InChI is InChI=1S/C10H9N7O4/c11-15-13-9-12-4-17(14-9)6-5-1-2-16(3-5)10(6)20-7(18)8(19)21-10/h4-6H,1-3H2. The third-order valence-electron chi connectivity index (χ3n) is 4.05. The molecule has 0 saturated carbocycles. The van der Waals surface area contributed by atoms with E-state index in [0.29, 0.717) is 13.1 Å². The number of carbonyl (C=O) groups is 2. The van der Waals surface area contributed by atoms with Crippen LogP contribution in [-0.4, -0.2) is 50.6 Å². The van der Waals surface area contributed by atoms with Crippen molar-refractivity contribution in [3.63, 3.8) is 0 Å². The van der Waals surface area contributed by atoms with Crippen molar-refractivity contribution in [2.24, 2.45) is 11.0 Å². The molecule has 3 aliphatic rings. The van der Waals surface area contributed by atoms with Crippen molar-refractivity contribution in [3.8, 4) is 0 Å². The molecule has 1 aromatic heterocycles. The van der Waals surface area contributed by atoms with Crippen LogP contribution in [0.3, 0.4) is 0 Å². The largest absolute Gasteiger partial charge is 0.421 e. The summed E-state index contributed by atoms with van der Waals surface area (Å²) < 4.78 is 11.9. The maximum atomic E-state index is 11.5. The van der Waals surface area contributed by atoms with E-state index >= 15 is 0 Å². The van der Waals surface area contributed by atoms with Crippen molar-refractivity contribution >= 4 is 17.9 Å². The SMILES string of the molecule is [N-]=[N+]=Nc1ncn(C2C3CCN(C3)C23OC(=O)C(=O)O3)n1. The highest BCUT2D eigenvalue weighted by Gasteiger charge is 2.68. The van der Waals surface area contributed by atoms with Crippen LogP contribution >= 0.6 is 0 Å². The zero-order chi connectivity index (χ0) is 14.6. The van der Waals surface area contributed by atoms with Gasteiger partial charge in [0.2, 0.25) is 5.95 Å². The van der Waals surface area contributed by atoms with Crippen LogP contribution in [0.25, 0.3) is 10.4 Å². The Kier molecular flexibility index (Phi) is 2.27. The van der Waals surface area contributed by atoms with E-state index in [0.717, 1.165) is 6.42 Å². The Hall–Kier alpha value is -2.65. The molecule has 21 heavy (non-hydrogen) atoms. The van der Waals surface area contributed by atoms with Crippen LogP contribution in [0, 0.1) is 5.92 Å². The molecule has 11 nitrogen and oxygen atoms in total. The Bertz CT molecular complexity index is 677. The van der Waals surface area contributed by atoms with E-state index in [1.165, 1.54) is 11.0 Å². The van der Waals surface area contributed by atoms with E-state index < -0.39 is 23.9 Å². The first-order valence-corrected chi connectivity index (χ1v) is 6.31. The van der Waals surface area contributed by atoms with E-state index in [1.54, 1.807) is 4.90 Å². The molecule has 4 heterocycles. The van der Waals surface area contributed by atoms with Gasteiger partial charge in [-0.2, -0.15) is 0 Å². The summed E-state index contributed by atoms with van der Waals surface area (Å²) in [6, 6.07) is -0.503. The number of hydrogen-bond donors (Lipinski definition) is 0. The zero-order valence-corrected chi connectivity index (χ0v) is 10.6. The van der Waals surface area contributed by atoms with Crippen molar-refractivity contribution in [2.45, 2.75) is 18.4 Å². The van der Waals surface area contributed by atoms with Gasteiger partial charge in [-0.05, 0) is 17.1 Å². The number of nitrogens with zero attached hydrogens (tertiary/aromatic N) is 7. The summed E-state index contributed by atoms with van der Waals surface area (Å²) in [6.07, 6.45) is 2.23. The third-order valence-corrected chi connectivity index (χ3v) is 4.05. The van der Waals surface area contributed by atoms with Gasteiger partial charge in [-0.25, -0.2) is 24.2 Å². The van der Waals surface area contributed by atoms with Crippen molar-refractivity contribution in [2.75, 3.05) is 13.1 Å². The van der Waals surface area contributed by atoms with Crippen LogP contribution in [0.2, 0.25) is 0 Å². The molecular formula is C10H9N7O4. The van der Waals surface area contributed by atoms with Crippen LogP contribution in [0.15, 0.2) is 11.4 Å². The lowest BCUT2D eigenvalue weighted by Gasteiger charge is -2.37. The molecule has 3 fully saturated rings. The molecule has 0 amide bonds. The summed E-state index contributed by atoms with van der Waals surface area (Å²) in [4.78, 5) is 31.2. The van der Waals surface area contributed by atoms with Gasteiger partial charge in [0, 0.05) is 23.9 Å². The molecule has 3 unspecified atom stereocenters. The van der Waals surface area contributed by atoms with Gasteiger partial charge in [0.05, 0.1) is 0 Å². The van der Waals surface area contributed by atoms with E-state index in [2.05, 4.69) is 20.1 Å². The number of aromatic nitrogens is 3. The number of ether oxygens (including phenoxy) is 2. The van der Waals surface area contributed by atoms with Gasteiger partial charge in [0.25, 0.3) is 0 Å². The normalized spacial score (nSPS) is 32.1. The third kappa shape index (κ3) is 1.49. The number of fused-ring (bicyclic) bond motifs is 3. The summed E-state index contributed by atoms with van der Waals surface area (Å²) in [5, 5.41) is 7.36. The van der Waals surface area contributed by atoms with Gasteiger partial charge in [-0.15, -0.1) is 5.10 Å². The molecule has 3 atom stereocenters. The van der Waals surface area contributed by atoms with Gasteiger partial charge < -0.3 is 9.47 Å². The fraction of sp³-hybridized carbons (Fsp3) is 0.600. The Morgan fingerprint density at radius 3 is 2.90 bits per heavy atom. The van der Waals surface area contributed by atoms with E-state index in [4.69, 9.17) is 15.0 Å². The molecule has 0 aliphatic carbocycles. The van der Waals surface area contributed by atoms with Gasteiger partial charge in [-0.3, -0.25) is 0 Å². The van der Waals surface area contributed by atoms with Crippen LogP contribution in [0.5, 0.6) is 0 Å². The van der Waals surface area contributed by atoms with Gasteiger partial charge in [-0.1, -0.05) is 0 Å². The van der Waals surface area contributed by atoms with Crippen molar-refractivity contribution in [1.82, 2.24) is 19.7 Å². The fourth-order valence-electron chi connectivity index (χ4n) is 3.30. The first kappa shape index (κ1) is 12.1. The second-order valence-electron chi connectivity index (χ2n) is 5.06. The highest BCUT2D eigenvalue weighted by atomic mass is 16.8. The predicted octanol–water partition coefficient (Wildman–Crippen LogP) is -0.150. The van der Waals surface area contributed by atoms with Gasteiger partial charge in [0.15, 0.2) is 6.04 Å². The lowest BCUT2D eigenvalue weighted by atomic mass is 9.97. The van der Waals surface area contributed by atoms with Crippen molar-refractivity contribution in [3.05, 3.63) is 16.8 Å². The summed E-state index contributed by atoms with van der Waals surface area (Å²) >= 11 is 0. The first-order valence-electron chi connectivity index (χ1n) is 6.31. The van der Waals surface area contributed by atoms with Crippen LogP contribution < -0.4 is 0 Å². The summed E-state index contributed by atoms with van der Waals surface area (Å²) in [5.41, 5.74) is 8.40. The number of esters is 2. The maximum Gasteiger partial charge on any atom is 0.421 e. The molecule has 0 aromatic carbocycles. The van der Waals surface area contributed by atoms with Crippen molar-refractivity contribution < 1.29 is 19.1 Å². The molecule has 4 rings (SSSR count). The van der Waals surface area contributed by atoms with Gasteiger partial charge in [0.1, 0.15) is 6.33 Å². The highest BCUT2D eigenvalue weighted by molar-refractivity contribution is 6.31. The molecular weight excluding hydrogens is 282 g/mol. The average Bonchev–Trinajstić information content (AvgIpc) is 3.17. The number of rotatable bonds is 2. The quantitative estimate of drug-likeness (QED) is 0.243. The molecule has 3 saturated heterocycles. The minimum absolute atomic E-state index is 0.0407. The number of azide groups is 1.